The number of halogens is 2. The topological polar surface area (TPSA) is 51.8 Å². The van der Waals surface area contributed by atoms with Crippen LogP contribution in [0.5, 0.6) is 0 Å². The minimum Gasteiger partial charge on any atom is -0.245 e. The first-order valence-electron chi connectivity index (χ1n) is 13.1. The molecule has 41 heavy (non-hydrogen) atoms. The van der Waals surface area contributed by atoms with Crippen molar-refractivity contribution < 1.29 is 4.63 Å². The highest BCUT2D eigenvalue weighted by Gasteiger charge is 2.22. The molecule has 7 aromatic rings. The van der Waals surface area contributed by atoms with E-state index in [2.05, 4.69) is 139 Å². The summed E-state index contributed by atoms with van der Waals surface area (Å²) in [5.74, 6) is 0. The summed E-state index contributed by atoms with van der Waals surface area (Å²) in [6, 6.07) is 43.6. The van der Waals surface area contributed by atoms with Gasteiger partial charge in [-0.2, -0.15) is 0 Å². The van der Waals surface area contributed by atoms with E-state index in [1.165, 1.54) is 0 Å². The van der Waals surface area contributed by atoms with Crippen LogP contribution in [-0.2, 0) is 0 Å². The first-order valence-corrected chi connectivity index (χ1v) is 14.7. The number of hydrogen-bond acceptors (Lipinski definition) is 4. The van der Waals surface area contributed by atoms with Gasteiger partial charge < -0.3 is 0 Å². The predicted molar refractivity (Wildman–Crippen MR) is 172 cm³/mol. The SMILES string of the molecule is Brc1ccc(-c2ccc(-c3nc(-c4ccccc4)c(-c4ccc(-c5ccc(Br)cc5)cc4)c4nonc34)cc2)cc1. The molecule has 0 unspecified atom stereocenters. The minimum atomic E-state index is 0.632. The molecule has 0 fully saturated rings. The van der Waals surface area contributed by atoms with Crippen LogP contribution < -0.4 is 0 Å². The van der Waals surface area contributed by atoms with Crippen LogP contribution in [0.4, 0.5) is 0 Å². The molecule has 4 nitrogen and oxygen atoms in total. The quantitative estimate of drug-likeness (QED) is 0.185. The van der Waals surface area contributed by atoms with Crippen molar-refractivity contribution in [1.82, 2.24) is 15.3 Å². The first-order chi connectivity index (χ1) is 20.1. The normalized spacial score (nSPS) is 11.2. The van der Waals surface area contributed by atoms with E-state index in [0.717, 1.165) is 64.8 Å². The van der Waals surface area contributed by atoms with E-state index in [1.807, 2.05) is 30.3 Å². The zero-order valence-corrected chi connectivity index (χ0v) is 24.8. The average Bonchev–Trinajstić information content (AvgIpc) is 3.52. The standard InChI is InChI=1S/C35H21Br2N3O/c36-29-18-14-24(15-19-29)22-6-10-26(11-7-22)31-32(27-4-2-1-3-5-27)38-33(35-34(31)39-41-40-35)28-12-8-23(9-13-28)25-16-20-30(37)21-17-25/h1-21H. The van der Waals surface area contributed by atoms with Crippen molar-refractivity contribution in [3.8, 4) is 55.9 Å². The van der Waals surface area contributed by atoms with Crippen molar-refractivity contribution in [2.45, 2.75) is 0 Å². The van der Waals surface area contributed by atoms with Gasteiger partial charge in [0.25, 0.3) is 0 Å². The predicted octanol–water partition coefficient (Wildman–Crippen LogP) is 10.5. The molecule has 5 aromatic carbocycles. The van der Waals surface area contributed by atoms with Crippen LogP contribution in [0.25, 0.3) is 66.9 Å². The second-order valence-electron chi connectivity index (χ2n) is 9.68. The fraction of sp³-hybridized carbons (Fsp3) is 0. The number of hydrogen-bond donors (Lipinski definition) is 0. The average molecular weight is 659 g/mol. The summed E-state index contributed by atoms with van der Waals surface area (Å²) in [6.07, 6.45) is 0. The Hall–Kier alpha value is -4.39. The molecule has 2 aromatic heterocycles. The van der Waals surface area contributed by atoms with E-state index in [9.17, 15) is 0 Å². The van der Waals surface area contributed by atoms with Gasteiger partial charge in [-0.25, -0.2) is 9.61 Å². The monoisotopic (exact) mass is 657 g/mol. The van der Waals surface area contributed by atoms with E-state index in [4.69, 9.17) is 9.61 Å². The third kappa shape index (κ3) is 5.01. The summed E-state index contributed by atoms with van der Waals surface area (Å²) in [5.41, 5.74) is 11.3. The van der Waals surface area contributed by atoms with Crippen molar-refractivity contribution in [2.24, 2.45) is 0 Å². The van der Waals surface area contributed by atoms with Crippen LogP contribution in [-0.4, -0.2) is 15.3 Å². The highest BCUT2D eigenvalue weighted by atomic mass is 79.9. The van der Waals surface area contributed by atoms with E-state index in [1.54, 1.807) is 0 Å². The maximum atomic E-state index is 5.34. The summed E-state index contributed by atoms with van der Waals surface area (Å²) in [6.45, 7) is 0. The van der Waals surface area contributed by atoms with E-state index >= 15 is 0 Å². The molecule has 0 bridgehead atoms. The van der Waals surface area contributed by atoms with Gasteiger partial charge in [0.2, 0.25) is 0 Å². The lowest BCUT2D eigenvalue weighted by Crippen LogP contribution is -1.96. The molecule has 0 radical (unpaired) electrons. The molecule has 0 spiro atoms. The van der Waals surface area contributed by atoms with Gasteiger partial charge in [-0.05, 0) is 62.4 Å². The molecule has 0 aliphatic heterocycles. The van der Waals surface area contributed by atoms with Gasteiger partial charge in [0.1, 0.15) is 11.2 Å². The number of aromatic nitrogens is 3. The Kier molecular flexibility index (Phi) is 6.79. The van der Waals surface area contributed by atoms with Crippen molar-refractivity contribution in [2.75, 3.05) is 0 Å². The summed E-state index contributed by atoms with van der Waals surface area (Å²) in [7, 11) is 0. The fourth-order valence-electron chi connectivity index (χ4n) is 5.05. The molecular formula is C35H21Br2N3O. The molecule has 7 rings (SSSR count). The Balaban J connectivity index is 1.37. The van der Waals surface area contributed by atoms with Crippen molar-refractivity contribution in [3.05, 3.63) is 136 Å². The van der Waals surface area contributed by atoms with Gasteiger partial charge in [-0.1, -0.05) is 135 Å². The van der Waals surface area contributed by atoms with Crippen molar-refractivity contribution in [1.29, 1.82) is 0 Å². The fourth-order valence-corrected chi connectivity index (χ4v) is 5.58. The summed E-state index contributed by atoms with van der Waals surface area (Å²) < 4.78 is 7.45. The van der Waals surface area contributed by atoms with Crippen LogP contribution in [0.3, 0.4) is 0 Å². The van der Waals surface area contributed by atoms with Gasteiger partial charge >= 0.3 is 0 Å². The highest BCUT2D eigenvalue weighted by molar-refractivity contribution is 9.10. The zero-order chi connectivity index (χ0) is 27.8. The summed E-state index contributed by atoms with van der Waals surface area (Å²) in [5, 5.41) is 8.72. The summed E-state index contributed by atoms with van der Waals surface area (Å²) >= 11 is 7.03. The second-order valence-corrected chi connectivity index (χ2v) is 11.5. The molecule has 0 saturated carbocycles. The lowest BCUT2D eigenvalue weighted by Gasteiger charge is -2.13. The van der Waals surface area contributed by atoms with Crippen LogP contribution in [0, 0.1) is 0 Å². The van der Waals surface area contributed by atoms with Crippen molar-refractivity contribution in [3.63, 3.8) is 0 Å². The Morgan fingerprint density at radius 3 is 1.34 bits per heavy atom. The lowest BCUT2D eigenvalue weighted by molar-refractivity contribution is 0.315. The smallest absolute Gasteiger partial charge is 0.162 e. The van der Waals surface area contributed by atoms with Gasteiger partial charge in [0, 0.05) is 25.6 Å². The molecule has 0 N–H and O–H groups in total. The number of nitrogens with zero attached hydrogens (tertiary/aromatic N) is 3. The van der Waals surface area contributed by atoms with Crippen LogP contribution in [0.2, 0.25) is 0 Å². The molecule has 2 heterocycles. The molecular weight excluding hydrogens is 638 g/mol. The minimum absolute atomic E-state index is 0.632. The Morgan fingerprint density at radius 1 is 0.390 bits per heavy atom. The number of fused-ring (bicyclic) bond motifs is 1. The lowest BCUT2D eigenvalue weighted by atomic mass is 9.94. The van der Waals surface area contributed by atoms with Crippen LogP contribution in [0.1, 0.15) is 0 Å². The maximum Gasteiger partial charge on any atom is 0.162 e. The Morgan fingerprint density at radius 2 is 0.805 bits per heavy atom. The number of rotatable bonds is 5. The van der Waals surface area contributed by atoms with E-state index in [0.29, 0.717) is 11.0 Å². The summed E-state index contributed by atoms with van der Waals surface area (Å²) in [4.78, 5) is 5.22. The number of pyridine rings is 1. The number of benzene rings is 5. The van der Waals surface area contributed by atoms with Gasteiger partial charge in [0.15, 0.2) is 5.52 Å². The molecule has 196 valence electrons. The molecule has 0 amide bonds. The largest absolute Gasteiger partial charge is 0.245 e. The first kappa shape index (κ1) is 25.6. The maximum absolute atomic E-state index is 5.34. The molecule has 6 heteroatoms. The third-order valence-corrected chi connectivity index (χ3v) is 8.20. The molecule has 0 saturated heterocycles. The zero-order valence-electron chi connectivity index (χ0n) is 21.6. The van der Waals surface area contributed by atoms with Gasteiger partial charge in [0.05, 0.1) is 5.69 Å². The van der Waals surface area contributed by atoms with Crippen molar-refractivity contribution >= 4 is 42.9 Å². The molecule has 0 aliphatic carbocycles. The van der Waals surface area contributed by atoms with Gasteiger partial charge in [-0.15, -0.1) is 0 Å². The molecule has 0 atom stereocenters. The molecule has 0 aliphatic rings. The third-order valence-electron chi connectivity index (χ3n) is 7.14. The van der Waals surface area contributed by atoms with E-state index in [-0.39, 0.29) is 0 Å². The Bertz CT molecular complexity index is 1970. The highest BCUT2D eigenvalue weighted by Crippen LogP contribution is 2.40. The van der Waals surface area contributed by atoms with Crippen LogP contribution >= 0.6 is 31.9 Å². The van der Waals surface area contributed by atoms with Crippen LogP contribution in [0.15, 0.2) is 141 Å². The van der Waals surface area contributed by atoms with Gasteiger partial charge in [-0.3, -0.25) is 0 Å². The van der Waals surface area contributed by atoms with E-state index < -0.39 is 0 Å². The Labute approximate surface area is 253 Å². The second kappa shape index (κ2) is 10.9.